The topological polar surface area (TPSA) is 103 Å². The van der Waals surface area contributed by atoms with Gasteiger partial charge in [0, 0.05) is 24.6 Å². The number of carbonyl (C=O) groups excluding carboxylic acids is 2. The molecule has 2 aromatic rings. The number of primary amides is 1. The molecule has 144 valence electrons. The molecule has 1 aliphatic rings. The van der Waals surface area contributed by atoms with Crippen LogP contribution in [0.15, 0.2) is 29.4 Å². The number of hydrogen-bond acceptors (Lipinski definition) is 5. The largest absolute Gasteiger partial charge is 0.370 e. The summed E-state index contributed by atoms with van der Waals surface area (Å²) in [5.41, 5.74) is 5.78. The van der Waals surface area contributed by atoms with E-state index in [0.29, 0.717) is 29.7 Å². The molecule has 1 aromatic carbocycles. The summed E-state index contributed by atoms with van der Waals surface area (Å²) in [5, 5.41) is 11.6. The summed E-state index contributed by atoms with van der Waals surface area (Å²) < 4.78 is 15.0. The Morgan fingerprint density at radius 3 is 2.63 bits per heavy atom. The van der Waals surface area contributed by atoms with Crippen molar-refractivity contribution in [2.24, 2.45) is 5.73 Å². The highest BCUT2D eigenvalue weighted by atomic mass is 32.2. The maximum absolute atomic E-state index is 13.0. The molecule has 0 radical (unpaired) electrons. The van der Waals surface area contributed by atoms with Crippen LogP contribution in [0, 0.1) is 5.82 Å². The molecule has 2 amide bonds. The molecule has 1 atom stereocenters. The second-order valence-corrected chi connectivity index (χ2v) is 7.65. The summed E-state index contributed by atoms with van der Waals surface area (Å²) in [6, 6.07) is 5.98. The van der Waals surface area contributed by atoms with Crippen molar-refractivity contribution in [2.45, 2.75) is 55.5 Å². The Morgan fingerprint density at radius 2 is 2.04 bits per heavy atom. The van der Waals surface area contributed by atoms with Crippen LogP contribution >= 0.6 is 11.8 Å². The molecule has 1 fully saturated rings. The van der Waals surface area contributed by atoms with E-state index in [-0.39, 0.29) is 29.3 Å². The number of nitrogens with one attached hydrogen (secondary N) is 1. The van der Waals surface area contributed by atoms with E-state index in [0.717, 1.165) is 18.7 Å². The van der Waals surface area contributed by atoms with Crippen LogP contribution in [0.5, 0.6) is 0 Å². The van der Waals surface area contributed by atoms with Crippen molar-refractivity contribution >= 4 is 29.3 Å². The van der Waals surface area contributed by atoms with E-state index >= 15 is 0 Å². The van der Waals surface area contributed by atoms with Gasteiger partial charge >= 0.3 is 0 Å². The lowest BCUT2D eigenvalue weighted by Gasteiger charge is -2.15. The van der Waals surface area contributed by atoms with E-state index in [1.54, 1.807) is 0 Å². The maximum Gasteiger partial charge on any atom is 0.237 e. The molecular weight excluding hydrogens is 369 g/mol. The lowest BCUT2D eigenvalue weighted by molar-refractivity contribution is -0.118. The maximum atomic E-state index is 13.0. The van der Waals surface area contributed by atoms with Gasteiger partial charge in [-0.15, -0.1) is 10.2 Å². The first-order chi connectivity index (χ1) is 13.0. The molecule has 0 saturated heterocycles. The fourth-order valence-electron chi connectivity index (χ4n) is 2.70. The van der Waals surface area contributed by atoms with Crippen molar-refractivity contribution in [3.8, 4) is 0 Å². The van der Waals surface area contributed by atoms with Crippen LogP contribution in [0.4, 0.5) is 10.1 Å². The van der Waals surface area contributed by atoms with Crippen LogP contribution in [0.25, 0.3) is 0 Å². The third-order valence-electron chi connectivity index (χ3n) is 4.26. The minimum absolute atomic E-state index is 0.168. The lowest BCUT2D eigenvalue weighted by atomic mass is 10.2. The van der Waals surface area contributed by atoms with Crippen molar-refractivity contribution < 1.29 is 14.0 Å². The van der Waals surface area contributed by atoms with Crippen LogP contribution in [-0.4, -0.2) is 31.8 Å². The van der Waals surface area contributed by atoms with E-state index in [1.807, 2.05) is 11.5 Å². The van der Waals surface area contributed by atoms with Crippen molar-refractivity contribution in [1.29, 1.82) is 0 Å². The third kappa shape index (κ3) is 5.06. The molecule has 1 aliphatic carbocycles. The Hall–Kier alpha value is -2.42. The van der Waals surface area contributed by atoms with Crippen molar-refractivity contribution in [3.63, 3.8) is 0 Å². The van der Waals surface area contributed by atoms with Gasteiger partial charge in [-0.25, -0.2) is 4.39 Å². The Bertz CT molecular complexity index is 820. The number of carbonyl (C=O) groups is 2. The molecule has 0 spiro atoms. The molecule has 0 aliphatic heterocycles. The quantitative estimate of drug-likeness (QED) is 0.640. The normalized spacial score (nSPS) is 14.7. The summed E-state index contributed by atoms with van der Waals surface area (Å²) in [6.45, 7) is 1.92. The predicted molar refractivity (Wildman–Crippen MR) is 101 cm³/mol. The summed E-state index contributed by atoms with van der Waals surface area (Å²) >= 11 is 1.36. The first-order valence-corrected chi connectivity index (χ1v) is 9.81. The van der Waals surface area contributed by atoms with Gasteiger partial charge in [-0.05, 0) is 43.5 Å². The fourth-order valence-corrected chi connectivity index (χ4v) is 3.74. The number of benzene rings is 1. The summed E-state index contributed by atoms with van der Waals surface area (Å²) in [4.78, 5) is 23.7. The van der Waals surface area contributed by atoms with E-state index in [9.17, 15) is 14.0 Å². The lowest BCUT2D eigenvalue weighted by Crippen LogP contribution is -2.25. The summed E-state index contributed by atoms with van der Waals surface area (Å²) in [7, 11) is 0. The molecule has 9 heteroatoms. The summed E-state index contributed by atoms with van der Waals surface area (Å²) in [5.74, 6) is -0.166. The minimum atomic E-state index is -0.375. The van der Waals surface area contributed by atoms with Gasteiger partial charge in [-0.2, -0.15) is 0 Å². The van der Waals surface area contributed by atoms with Crippen LogP contribution in [-0.2, 0) is 16.0 Å². The standard InChI is InChI=1S/C18H22FN5O2S/c1-2-14(17(26)21-12-5-3-11(19)4-6-12)27-18-23-22-16(10-9-15(20)25)24(18)13-7-8-13/h3-6,13-14H,2,7-10H2,1H3,(H2,20,25)(H,21,26)/t14-/m1/s1. The number of aryl methyl sites for hydroxylation is 1. The first-order valence-electron chi connectivity index (χ1n) is 8.93. The smallest absolute Gasteiger partial charge is 0.237 e. The number of halogens is 1. The molecule has 3 rings (SSSR count). The first kappa shape index (κ1) is 19.3. The van der Waals surface area contributed by atoms with Gasteiger partial charge < -0.3 is 15.6 Å². The van der Waals surface area contributed by atoms with Gasteiger partial charge in [-0.3, -0.25) is 9.59 Å². The highest BCUT2D eigenvalue weighted by molar-refractivity contribution is 8.00. The molecule has 7 nitrogen and oxygen atoms in total. The fraction of sp³-hybridized carbons (Fsp3) is 0.444. The average molecular weight is 391 g/mol. The molecule has 0 unspecified atom stereocenters. The zero-order valence-corrected chi connectivity index (χ0v) is 15.8. The van der Waals surface area contributed by atoms with E-state index in [2.05, 4.69) is 15.5 Å². The van der Waals surface area contributed by atoms with Crippen molar-refractivity contribution in [1.82, 2.24) is 14.8 Å². The van der Waals surface area contributed by atoms with E-state index in [4.69, 9.17) is 5.73 Å². The van der Waals surface area contributed by atoms with Gasteiger partial charge in [0.25, 0.3) is 0 Å². The van der Waals surface area contributed by atoms with Crippen molar-refractivity contribution in [2.75, 3.05) is 5.32 Å². The van der Waals surface area contributed by atoms with Crippen LogP contribution in [0.2, 0.25) is 0 Å². The van der Waals surface area contributed by atoms with Gasteiger partial charge in [0.15, 0.2) is 5.16 Å². The van der Waals surface area contributed by atoms with Crippen LogP contribution in [0.3, 0.4) is 0 Å². The summed E-state index contributed by atoms with van der Waals surface area (Å²) in [6.07, 6.45) is 3.34. The molecule has 1 aromatic heterocycles. The average Bonchev–Trinajstić information content (AvgIpc) is 3.40. The zero-order valence-electron chi connectivity index (χ0n) is 15.0. The highest BCUT2D eigenvalue weighted by Gasteiger charge is 2.31. The molecular formula is C18H22FN5O2S. The van der Waals surface area contributed by atoms with Gasteiger partial charge in [-0.1, -0.05) is 18.7 Å². The number of aromatic nitrogens is 3. The van der Waals surface area contributed by atoms with Gasteiger partial charge in [0.2, 0.25) is 11.8 Å². The number of amides is 2. The third-order valence-corrected chi connectivity index (χ3v) is 5.59. The van der Waals surface area contributed by atoms with Gasteiger partial charge in [0.1, 0.15) is 11.6 Å². The second kappa shape index (κ2) is 8.51. The highest BCUT2D eigenvalue weighted by Crippen LogP contribution is 2.40. The number of rotatable bonds is 9. The number of nitrogens with zero attached hydrogens (tertiary/aromatic N) is 3. The van der Waals surface area contributed by atoms with Crippen LogP contribution in [0.1, 0.15) is 44.5 Å². The van der Waals surface area contributed by atoms with Crippen molar-refractivity contribution in [3.05, 3.63) is 35.9 Å². The Morgan fingerprint density at radius 1 is 1.33 bits per heavy atom. The Labute approximate surface area is 160 Å². The number of hydrogen-bond donors (Lipinski definition) is 2. The second-order valence-electron chi connectivity index (χ2n) is 6.48. The Kier molecular flexibility index (Phi) is 6.10. The monoisotopic (exact) mass is 391 g/mol. The number of anilines is 1. The minimum Gasteiger partial charge on any atom is -0.370 e. The van der Waals surface area contributed by atoms with E-state index < -0.39 is 0 Å². The molecule has 1 heterocycles. The SMILES string of the molecule is CC[C@@H](Sc1nnc(CCC(N)=O)n1C1CC1)C(=O)Nc1ccc(F)cc1. The molecule has 1 saturated carbocycles. The molecule has 3 N–H and O–H groups in total. The van der Waals surface area contributed by atoms with E-state index in [1.165, 1.54) is 36.0 Å². The molecule has 27 heavy (non-hydrogen) atoms. The number of nitrogens with two attached hydrogens (primary N) is 1. The Balaban J connectivity index is 1.71. The number of thioether (sulfide) groups is 1. The van der Waals surface area contributed by atoms with Crippen LogP contribution < -0.4 is 11.1 Å². The zero-order chi connectivity index (χ0) is 19.4. The molecule has 0 bridgehead atoms. The predicted octanol–water partition coefficient (Wildman–Crippen LogP) is 2.68. The van der Waals surface area contributed by atoms with Gasteiger partial charge in [0.05, 0.1) is 5.25 Å².